The van der Waals surface area contributed by atoms with E-state index in [1.807, 2.05) is 0 Å². The van der Waals surface area contributed by atoms with Gasteiger partial charge in [-0.1, -0.05) is 46.4 Å². The lowest BCUT2D eigenvalue weighted by Crippen LogP contribution is -2.46. The molecule has 0 radical (unpaired) electrons. The topological polar surface area (TPSA) is 37.4 Å². The molecule has 0 bridgehead atoms. The summed E-state index contributed by atoms with van der Waals surface area (Å²) in [6, 6.07) is 0. The van der Waals surface area contributed by atoms with E-state index in [4.69, 9.17) is 81.2 Å². The van der Waals surface area contributed by atoms with E-state index in [0.717, 1.165) is 0 Å². The maximum Gasteiger partial charge on any atom is 0.246 e. The Bertz CT molecular complexity index is 731. The van der Waals surface area contributed by atoms with Gasteiger partial charge in [-0.25, -0.2) is 0 Å². The fraction of sp³-hybridized carbons (Fsp3) is 0.500. The number of hydrogen-bond acceptors (Lipinski definition) is 2. The van der Waals surface area contributed by atoms with Crippen LogP contribution in [0.5, 0.6) is 0 Å². The van der Waals surface area contributed by atoms with E-state index in [-0.39, 0.29) is 20.1 Å². The van der Waals surface area contributed by atoms with Crippen LogP contribution in [0.3, 0.4) is 0 Å². The zero-order valence-corrected chi connectivity index (χ0v) is 16.2. The quantitative estimate of drug-likeness (QED) is 0.574. The number of Topliss-reactive ketones (excluding diaryl/α,β-unsaturated/α-hetero) is 1. The summed E-state index contributed by atoms with van der Waals surface area (Å²) in [6.45, 7) is 0. The average molecular weight is 444 g/mol. The zero-order valence-electron chi connectivity index (χ0n) is 10.9. The Morgan fingerprint density at radius 2 is 1.45 bits per heavy atom. The first-order chi connectivity index (χ1) is 9.90. The van der Waals surface area contributed by atoms with Gasteiger partial charge < -0.3 is 4.90 Å². The molecule has 22 heavy (non-hydrogen) atoms. The number of allylic oxidation sites excluding steroid dienone is 4. The molecule has 0 saturated heterocycles. The number of halogens is 7. The molecule has 1 fully saturated rings. The molecule has 3 nitrogen and oxygen atoms in total. The summed E-state index contributed by atoms with van der Waals surface area (Å²) < 4.78 is 0. The summed E-state index contributed by atoms with van der Waals surface area (Å²) in [7, 11) is 2.92. The number of amides is 1. The lowest BCUT2D eigenvalue weighted by Gasteiger charge is -2.30. The van der Waals surface area contributed by atoms with E-state index < -0.39 is 31.7 Å². The zero-order chi connectivity index (χ0) is 17.0. The van der Waals surface area contributed by atoms with Gasteiger partial charge in [0.25, 0.3) is 0 Å². The van der Waals surface area contributed by atoms with Crippen LogP contribution in [0, 0.1) is 5.41 Å². The molecule has 0 aliphatic heterocycles. The summed E-state index contributed by atoms with van der Waals surface area (Å²) in [5.74, 6) is -1.39. The highest BCUT2D eigenvalue weighted by Gasteiger charge is 3.05. The molecular weight excluding hydrogens is 438 g/mol. The van der Waals surface area contributed by atoms with Crippen molar-refractivity contribution in [2.45, 2.75) is 14.6 Å². The Morgan fingerprint density at radius 3 is 1.91 bits per heavy atom. The van der Waals surface area contributed by atoms with Gasteiger partial charge in [0.1, 0.15) is 20.2 Å². The number of hydrogen-bond donors (Lipinski definition) is 0. The molecule has 0 heterocycles. The first-order valence-electron chi connectivity index (χ1n) is 5.85. The van der Waals surface area contributed by atoms with Crippen molar-refractivity contribution in [1.82, 2.24) is 4.90 Å². The summed E-state index contributed by atoms with van der Waals surface area (Å²) in [5.41, 5.74) is -1.86. The standard InChI is InChI=1S/C12H6Cl7NO2/c1-20(2)8(22)12(19)10-7(21)3(13)4(14)9(10,17)5(15)6(16)11(10,12)18/h1-2H3/t9-,10?,11-,12+/m0/s1. The minimum absolute atomic E-state index is 0.150. The van der Waals surface area contributed by atoms with Crippen molar-refractivity contribution in [2.75, 3.05) is 14.1 Å². The molecule has 3 aliphatic carbocycles. The first kappa shape index (κ1) is 17.5. The van der Waals surface area contributed by atoms with Crippen molar-refractivity contribution >= 4 is 92.9 Å². The molecule has 4 atom stereocenters. The smallest absolute Gasteiger partial charge is 0.246 e. The Labute approximate surface area is 161 Å². The van der Waals surface area contributed by atoms with Gasteiger partial charge in [0.2, 0.25) is 5.91 Å². The van der Waals surface area contributed by atoms with Crippen LogP contribution in [0.15, 0.2) is 20.1 Å². The maximum atomic E-state index is 12.8. The van der Waals surface area contributed by atoms with E-state index in [1.165, 1.54) is 19.0 Å². The van der Waals surface area contributed by atoms with Gasteiger partial charge in [-0.05, 0) is 0 Å². The van der Waals surface area contributed by atoms with Crippen LogP contribution in [0.4, 0.5) is 0 Å². The predicted octanol–water partition coefficient (Wildman–Crippen LogP) is 3.98. The second kappa shape index (κ2) is 4.43. The first-order valence-corrected chi connectivity index (χ1v) is 8.49. The fourth-order valence-corrected chi connectivity index (χ4v) is 7.23. The lowest BCUT2D eigenvalue weighted by molar-refractivity contribution is -0.132. The van der Waals surface area contributed by atoms with Crippen molar-refractivity contribution in [3.63, 3.8) is 0 Å². The van der Waals surface area contributed by atoms with Gasteiger partial charge in [-0.2, -0.15) is 0 Å². The molecule has 10 heteroatoms. The van der Waals surface area contributed by atoms with Crippen molar-refractivity contribution < 1.29 is 9.59 Å². The van der Waals surface area contributed by atoms with Crippen LogP contribution in [0.2, 0.25) is 0 Å². The van der Waals surface area contributed by atoms with Crippen molar-refractivity contribution in [3.8, 4) is 0 Å². The Hall–Kier alpha value is 0.650. The molecule has 3 aliphatic rings. The van der Waals surface area contributed by atoms with E-state index in [0.29, 0.717) is 0 Å². The highest BCUT2D eigenvalue weighted by Crippen LogP contribution is 2.90. The van der Waals surface area contributed by atoms with Crippen LogP contribution in [-0.2, 0) is 9.59 Å². The summed E-state index contributed by atoms with van der Waals surface area (Å²) >= 11 is 44.0. The van der Waals surface area contributed by atoms with Crippen molar-refractivity contribution in [1.29, 1.82) is 0 Å². The second-order valence-electron chi connectivity index (χ2n) is 5.51. The highest BCUT2D eigenvalue weighted by atomic mass is 35.5. The molecule has 1 amide bonds. The van der Waals surface area contributed by atoms with Crippen molar-refractivity contribution in [3.05, 3.63) is 20.1 Å². The van der Waals surface area contributed by atoms with E-state index in [2.05, 4.69) is 0 Å². The Balaban J connectivity index is 2.39. The molecule has 0 aromatic carbocycles. The van der Waals surface area contributed by atoms with Gasteiger partial charge in [-0.15, -0.1) is 34.8 Å². The minimum atomic E-state index is -1.93. The summed E-state index contributed by atoms with van der Waals surface area (Å²) in [4.78, 5) is 21.0. The molecule has 120 valence electrons. The molecule has 1 saturated carbocycles. The van der Waals surface area contributed by atoms with E-state index in [9.17, 15) is 9.59 Å². The number of rotatable bonds is 1. The molecule has 0 aromatic rings. The Morgan fingerprint density at radius 1 is 0.955 bits per heavy atom. The summed E-state index contributed by atoms with van der Waals surface area (Å²) in [6.07, 6.45) is 0. The number of nitrogens with zero attached hydrogens (tertiary/aromatic N) is 1. The highest BCUT2D eigenvalue weighted by molar-refractivity contribution is 6.69. The number of carbonyl (C=O) groups excluding carboxylic acids is 2. The molecule has 0 aromatic heterocycles. The van der Waals surface area contributed by atoms with Gasteiger partial charge in [-0.3, -0.25) is 9.59 Å². The largest absolute Gasteiger partial charge is 0.347 e. The molecule has 3 rings (SSSR count). The van der Waals surface area contributed by atoms with Crippen molar-refractivity contribution in [2.24, 2.45) is 5.41 Å². The SMILES string of the molecule is CN(C)C(=O)[C@@]1(Cl)C23C(=O)C(Cl)=C(Cl)[C@]2(Cl)C(Cl)=C(Cl)[C@]31Cl. The van der Waals surface area contributed by atoms with Gasteiger partial charge >= 0.3 is 0 Å². The predicted molar refractivity (Wildman–Crippen MR) is 89.3 cm³/mol. The monoisotopic (exact) mass is 441 g/mol. The molecule has 1 unspecified atom stereocenters. The number of carbonyl (C=O) groups is 2. The van der Waals surface area contributed by atoms with Crippen LogP contribution >= 0.6 is 81.2 Å². The average Bonchev–Trinajstić information content (AvgIpc) is 2.82. The maximum absolute atomic E-state index is 12.8. The number of ketones is 1. The van der Waals surface area contributed by atoms with Crippen LogP contribution in [-0.4, -0.2) is 45.3 Å². The number of alkyl halides is 3. The Kier molecular flexibility index (Phi) is 3.52. The van der Waals surface area contributed by atoms with Gasteiger partial charge in [0.05, 0.1) is 15.1 Å². The third-order valence-corrected chi connectivity index (χ3v) is 9.00. The minimum Gasteiger partial charge on any atom is -0.347 e. The second-order valence-corrected chi connectivity index (χ2v) is 8.72. The van der Waals surface area contributed by atoms with Crippen LogP contribution < -0.4 is 0 Å². The van der Waals surface area contributed by atoms with E-state index >= 15 is 0 Å². The van der Waals surface area contributed by atoms with Crippen LogP contribution in [0.1, 0.15) is 0 Å². The van der Waals surface area contributed by atoms with E-state index in [1.54, 1.807) is 0 Å². The summed E-state index contributed by atoms with van der Waals surface area (Å²) in [5, 5.41) is -0.909. The normalized spacial score (nSPS) is 46.1. The molecule has 0 N–H and O–H groups in total. The molecular formula is C12H6Cl7NO2. The van der Waals surface area contributed by atoms with Crippen LogP contribution in [0.25, 0.3) is 0 Å². The lowest BCUT2D eigenvalue weighted by atomic mass is 9.88. The fourth-order valence-electron chi connectivity index (χ4n) is 3.51. The third-order valence-electron chi connectivity index (χ3n) is 4.50. The van der Waals surface area contributed by atoms with Gasteiger partial charge in [0.15, 0.2) is 10.7 Å². The third kappa shape index (κ3) is 1.23. The molecule has 1 spiro atoms. The van der Waals surface area contributed by atoms with Gasteiger partial charge in [0, 0.05) is 14.1 Å².